The Morgan fingerprint density at radius 1 is 1.11 bits per heavy atom. The van der Waals surface area contributed by atoms with Crippen LogP contribution in [0.3, 0.4) is 0 Å². The third-order valence-corrected chi connectivity index (χ3v) is 5.59. The Morgan fingerprint density at radius 2 is 1.94 bits per heavy atom. The van der Waals surface area contributed by atoms with Crippen LogP contribution in [0.2, 0.25) is 0 Å². The Kier molecular flexibility index (Phi) is 3.31. The molecule has 0 aliphatic heterocycles. The molecule has 18 heavy (non-hydrogen) atoms. The molecule has 3 nitrogen and oxygen atoms in total. The second-order valence-corrected chi connectivity index (χ2v) is 6.81. The third kappa shape index (κ3) is 2.15. The number of amides is 1. The van der Waals surface area contributed by atoms with Crippen molar-refractivity contribution < 1.29 is 4.79 Å². The van der Waals surface area contributed by atoms with E-state index in [0.717, 1.165) is 31.6 Å². The number of rotatable bonds is 3. The van der Waals surface area contributed by atoms with Crippen LogP contribution < -0.4 is 11.1 Å². The van der Waals surface area contributed by atoms with Crippen LogP contribution in [0.4, 0.5) is 0 Å². The van der Waals surface area contributed by atoms with Crippen molar-refractivity contribution in [3.63, 3.8) is 0 Å². The number of carbonyl (C=O) groups excluding carboxylic acids is 1. The fourth-order valence-corrected chi connectivity index (χ4v) is 4.61. The summed E-state index contributed by atoms with van der Waals surface area (Å²) in [4.78, 5) is 12.9. The highest BCUT2D eigenvalue weighted by Gasteiger charge is 2.44. The fourth-order valence-electron chi connectivity index (χ4n) is 4.33. The normalized spacial score (nSPS) is 42.1. The van der Waals surface area contributed by atoms with Crippen LogP contribution in [-0.2, 0) is 4.79 Å². The highest BCUT2D eigenvalue weighted by molar-refractivity contribution is 7.80. The first-order valence-corrected chi connectivity index (χ1v) is 7.65. The van der Waals surface area contributed by atoms with Crippen LogP contribution in [0.15, 0.2) is 0 Å². The van der Waals surface area contributed by atoms with Gasteiger partial charge >= 0.3 is 0 Å². The maximum Gasteiger partial charge on any atom is 0.223 e. The van der Waals surface area contributed by atoms with Gasteiger partial charge in [-0.15, -0.1) is 0 Å². The minimum absolute atomic E-state index is 0.203. The van der Waals surface area contributed by atoms with E-state index in [0.29, 0.717) is 10.9 Å². The summed E-state index contributed by atoms with van der Waals surface area (Å²) < 4.78 is 0. The second kappa shape index (κ2) is 4.80. The van der Waals surface area contributed by atoms with Crippen molar-refractivity contribution in [1.82, 2.24) is 5.32 Å². The van der Waals surface area contributed by atoms with Gasteiger partial charge in [-0.2, -0.15) is 0 Å². The largest absolute Gasteiger partial charge is 0.393 e. The molecule has 0 radical (unpaired) electrons. The van der Waals surface area contributed by atoms with Crippen LogP contribution in [0.25, 0.3) is 0 Å². The van der Waals surface area contributed by atoms with Crippen molar-refractivity contribution in [2.75, 3.05) is 0 Å². The maximum absolute atomic E-state index is 12.4. The van der Waals surface area contributed by atoms with E-state index in [4.69, 9.17) is 18.0 Å². The highest BCUT2D eigenvalue weighted by Crippen LogP contribution is 2.48. The zero-order chi connectivity index (χ0) is 12.7. The van der Waals surface area contributed by atoms with E-state index in [1.807, 2.05) is 0 Å². The summed E-state index contributed by atoms with van der Waals surface area (Å²) in [5.41, 5.74) is 5.76. The van der Waals surface area contributed by atoms with E-state index in [9.17, 15) is 4.79 Å². The molecule has 0 aromatic carbocycles. The quantitative estimate of drug-likeness (QED) is 0.768. The predicted molar refractivity (Wildman–Crippen MR) is 75.0 cm³/mol. The van der Waals surface area contributed by atoms with E-state index in [1.54, 1.807) is 0 Å². The number of nitrogens with one attached hydrogen (secondary N) is 1. The van der Waals surface area contributed by atoms with E-state index in [1.165, 1.54) is 19.3 Å². The van der Waals surface area contributed by atoms with Gasteiger partial charge in [0.2, 0.25) is 5.91 Å². The smallest absolute Gasteiger partial charge is 0.223 e. The first kappa shape index (κ1) is 12.4. The summed E-state index contributed by atoms with van der Waals surface area (Å²) >= 11 is 5.10. The molecule has 4 heteroatoms. The van der Waals surface area contributed by atoms with Crippen molar-refractivity contribution in [3.8, 4) is 0 Å². The van der Waals surface area contributed by atoms with Crippen molar-refractivity contribution >= 4 is 23.1 Å². The zero-order valence-corrected chi connectivity index (χ0v) is 11.5. The molecule has 3 N–H and O–H groups in total. The molecule has 3 saturated carbocycles. The molecule has 0 heterocycles. The molecular weight excluding hydrogens is 244 g/mol. The van der Waals surface area contributed by atoms with Gasteiger partial charge in [0.25, 0.3) is 0 Å². The standard InChI is InChI=1S/C14H22N2OS/c15-13(18)10-2-1-3-12(10)16-14(17)11-7-8-4-5-9(11)6-8/h8-12H,1-7H2,(H2,15,18)(H,16,17). The van der Waals surface area contributed by atoms with Crippen LogP contribution in [0.5, 0.6) is 0 Å². The molecule has 0 spiro atoms. The Morgan fingerprint density at radius 3 is 2.56 bits per heavy atom. The molecular formula is C14H22N2OS. The maximum atomic E-state index is 12.4. The number of thiocarbonyl (C=S) groups is 1. The van der Waals surface area contributed by atoms with Gasteiger partial charge in [0.15, 0.2) is 0 Å². The summed E-state index contributed by atoms with van der Waals surface area (Å²) in [5, 5.41) is 3.23. The van der Waals surface area contributed by atoms with Gasteiger partial charge in [0.1, 0.15) is 0 Å². The van der Waals surface area contributed by atoms with Gasteiger partial charge in [0, 0.05) is 17.9 Å². The van der Waals surface area contributed by atoms with Crippen molar-refractivity contribution in [2.45, 2.75) is 51.0 Å². The van der Waals surface area contributed by atoms with E-state index in [-0.39, 0.29) is 23.8 Å². The molecule has 100 valence electrons. The fraction of sp³-hybridized carbons (Fsp3) is 0.857. The first-order valence-electron chi connectivity index (χ1n) is 7.25. The summed E-state index contributed by atoms with van der Waals surface area (Å²) in [6.07, 6.45) is 8.19. The van der Waals surface area contributed by atoms with Crippen molar-refractivity contribution in [1.29, 1.82) is 0 Å². The van der Waals surface area contributed by atoms with Gasteiger partial charge in [-0.05, 0) is 43.9 Å². The average Bonchev–Trinajstić information content (AvgIpc) is 3.03. The van der Waals surface area contributed by atoms with Crippen LogP contribution >= 0.6 is 12.2 Å². The Balaban J connectivity index is 1.59. The van der Waals surface area contributed by atoms with Gasteiger partial charge in [-0.3, -0.25) is 4.79 Å². The van der Waals surface area contributed by atoms with Gasteiger partial charge in [-0.25, -0.2) is 0 Å². The number of hydrogen-bond donors (Lipinski definition) is 2. The average molecular weight is 266 g/mol. The van der Waals surface area contributed by atoms with Crippen molar-refractivity contribution in [2.24, 2.45) is 29.4 Å². The number of nitrogens with two attached hydrogens (primary N) is 1. The summed E-state index contributed by atoms with van der Waals surface area (Å²) in [7, 11) is 0. The number of hydrogen-bond acceptors (Lipinski definition) is 2. The lowest BCUT2D eigenvalue weighted by Crippen LogP contribution is -2.45. The summed E-state index contributed by atoms with van der Waals surface area (Å²) in [6, 6.07) is 0.203. The topological polar surface area (TPSA) is 55.1 Å². The Bertz CT molecular complexity index is 371. The molecule has 0 saturated heterocycles. The lowest BCUT2D eigenvalue weighted by atomic mass is 9.87. The second-order valence-electron chi connectivity index (χ2n) is 6.34. The molecule has 0 aromatic rings. The van der Waals surface area contributed by atoms with Crippen LogP contribution in [-0.4, -0.2) is 16.9 Å². The lowest BCUT2D eigenvalue weighted by Gasteiger charge is -2.25. The number of carbonyl (C=O) groups is 1. The lowest BCUT2D eigenvalue weighted by molar-refractivity contribution is -0.127. The Labute approximate surface area is 114 Å². The zero-order valence-electron chi connectivity index (χ0n) is 10.7. The minimum Gasteiger partial charge on any atom is -0.393 e. The van der Waals surface area contributed by atoms with Crippen molar-refractivity contribution in [3.05, 3.63) is 0 Å². The minimum atomic E-state index is 0.203. The Hall–Kier alpha value is -0.640. The summed E-state index contributed by atoms with van der Waals surface area (Å²) in [6.45, 7) is 0. The molecule has 2 bridgehead atoms. The molecule has 5 atom stereocenters. The van der Waals surface area contributed by atoms with E-state index >= 15 is 0 Å². The van der Waals surface area contributed by atoms with Gasteiger partial charge < -0.3 is 11.1 Å². The molecule has 3 aliphatic rings. The SMILES string of the molecule is NC(=S)C1CCCC1NC(=O)C1CC2CCC1C2. The monoisotopic (exact) mass is 266 g/mol. The molecule has 5 unspecified atom stereocenters. The van der Waals surface area contributed by atoms with Crippen LogP contribution in [0, 0.1) is 23.7 Å². The molecule has 3 fully saturated rings. The van der Waals surface area contributed by atoms with E-state index < -0.39 is 0 Å². The first-order chi connectivity index (χ1) is 8.65. The highest BCUT2D eigenvalue weighted by atomic mass is 32.1. The molecule has 1 amide bonds. The van der Waals surface area contributed by atoms with E-state index in [2.05, 4.69) is 5.32 Å². The van der Waals surface area contributed by atoms with Crippen LogP contribution in [0.1, 0.15) is 44.9 Å². The number of fused-ring (bicyclic) bond motifs is 2. The molecule has 3 rings (SSSR count). The summed E-state index contributed by atoms with van der Waals surface area (Å²) in [5.74, 6) is 2.25. The molecule has 0 aromatic heterocycles. The molecule has 3 aliphatic carbocycles. The third-order valence-electron chi connectivity index (χ3n) is 5.28. The predicted octanol–water partition coefficient (Wildman–Crippen LogP) is 1.99. The van der Waals surface area contributed by atoms with Gasteiger partial charge in [0.05, 0.1) is 4.99 Å². The van der Waals surface area contributed by atoms with Gasteiger partial charge in [-0.1, -0.05) is 25.1 Å².